The van der Waals surface area contributed by atoms with Crippen LogP contribution < -0.4 is 0 Å². The first kappa shape index (κ1) is 26.0. The normalized spacial score (nSPS) is 54.9. The highest BCUT2D eigenvalue weighted by Crippen LogP contribution is 2.76. The number of rotatable bonds is 2. The van der Waals surface area contributed by atoms with Gasteiger partial charge in [0.15, 0.2) is 0 Å². The second-order valence-corrected chi connectivity index (χ2v) is 15.3. The first-order chi connectivity index (χ1) is 16.0. The minimum Gasteiger partial charge on any atom is -0.411 e. The molecule has 0 aromatic rings. The van der Waals surface area contributed by atoms with Gasteiger partial charge in [-0.1, -0.05) is 39.8 Å². The minimum atomic E-state index is -0.834. The van der Waals surface area contributed by atoms with E-state index >= 15 is 0 Å². The van der Waals surface area contributed by atoms with E-state index in [0.29, 0.717) is 17.8 Å². The lowest BCUT2D eigenvalue weighted by Gasteiger charge is -2.70. The zero-order valence-corrected chi connectivity index (χ0v) is 23.5. The molecule has 0 bridgehead atoms. The van der Waals surface area contributed by atoms with Crippen LogP contribution in [-0.2, 0) is 4.74 Å². The average Bonchev–Trinajstić information content (AvgIpc) is 3.33. The van der Waals surface area contributed by atoms with Crippen LogP contribution >= 0.6 is 0 Å². The molecule has 0 radical (unpaired) electrons. The highest BCUT2D eigenvalue weighted by molar-refractivity contribution is 5.90. The van der Waals surface area contributed by atoms with E-state index in [4.69, 9.17) is 4.74 Å². The van der Waals surface area contributed by atoms with Crippen LogP contribution in [-0.4, -0.2) is 44.5 Å². The van der Waals surface area contributed by atoms with Gasteiger partial charge in [-0.2, -0.15) is 0 Å². The smallest absolute Gasteiger partial charge is 0.0865 e. The highest BCUT2D eigenvalue weighted by Gasteiger charge is 2.71. The van der Waals surface area contributed by atoms with Crippen LogP contribution in [0.4, 0.5) is 0 Å². The standard InChI is InChI=1S/C30H51NO4/c1-25(2)20-10-15-28(6)21(27(20,5)13-11-22(25)31-34)17-19(32)24-18(9-14-29(24,28)7)30(8)16-12-23(35-30)26(3,4)33/h18-21,23-24,32-34H,9-17H2,1-8H3/b31-22+/t18-,19+,20-,21+,23-,24-,27-,28+,29+,30-/m0/s1. The second-order valence-electron chi connectivity index (χ2n) is 15.3. The van der Waals surface area contributed by atoms with Gasteiger partial charge in [-0.05, 0) is 118 Å². The number of aliphatic hydroxyl groups excluding tert-OH is 1. The molecule has 10 atom stereocenters. The Bertz CT molecular complexity index is 893. The third-order valence-electron chi connectivity index (χ3n) is 13.2. The summed E-state index contributed by atoms with van der Waals surface area (Å²) in [6.45, 7) is 18.1. The summed E-state index contributed by atoms with van der Waals surface area (Å²) in [4.78, 5) is 0. The maximum absolute atomic E-state index is 11.9. The number of hydrogen-bond acceptors (Lipinski definition) is 5. The fourth-order valence-corrected chi connectivity index (χ4v) is 11.1. The topological polar surface area (TPSA) is 82.3 Å². The van der Waals surface area contributed by atoms with Gasteiger partial charge in [-0.3, -0.25) is 0 Å². The first-order valence-electron chi connectivity index (χ1n) is 14.3. The van der Waals surface area contributed by atoms with Crippen LogP contribution in [0.5, 0.6) is 0 Å². The lowest BCUT2D eigenvalue weighted by Crippen LogP contribution is -2.66. The number of hydrogen-bond donors (Lipinski definition) is 3. The Morgan fingerprint density at radius 3 is 2.14 bits per heavy atom. The molecule has 0 aromatic heterocycles. The van der Waals surface area contributed by atoms with Gasteiger partial charge < -0.3 is 20.2 Å². The van der Waals surface area contributed by atoms with E-state index in [-0.39, 0.29) is 45.4 Å². The molecule has 5 aliphatic rings. The minimum absolute atomic E-state index is 0.0721. The predicted octanol–water partition coefficient (Wildman–Crippen LogP) is 6.18. The van der Waals surface area contributed by atoms with Crippen LogP contribution in [0.3, 0.4) is 0 Å². The number of fused-ring (bicyclic) bond motifs is 5. The number of nitrogens with zero attached hydrogens (tertiary/aromatic N) is 1. The predicted molar refractivity (Wildman–Crippen MR) is 138 cm³/mol. The van der Waals surface area contributed by atoms with Gasteiger partial charge in [0, 0.05) is 5.41 Å². The fourth-order valence-electron chi connectivity index (χ4n) is 11.1. The Morgan fingerprint density at radius 2 is 1.54 bits per heavy atom. The van der Waals surface area contributed by atoms with Gasteiger partial charge in [0.2, 0.25) is 0 Å². The van der Waals surface area contributed by atoms with Crippen LogP contribution in [0, 0.1) is 45.3 Å². The summed E-state index contributed by atoms with van der Waals surface area (Å²) in [6.07, 6.45) is 8.74. The van der Waals surface area contributed by atoms with Crippen molar-refractivity contribution in [1.29, 1.82) is 0 Å². The third kappa shape index (κ3) is 3.32. The molecule has 4 saturated carbocycles. The summed E-state index contributed by atoms with van der Waals surface area (Å²) in [6, 6.07) is 0. The van der Waals surface area contributed by atoms with Crippen LogP contribution in [0.1, 0.15) is 113 Å². The molecule has 0 aromatic carbocycles. The monoisotopic (exact) mass is 489 g/mol. The molecule has 0 amide bonds. The lowest BCUT2D eigenvalue weighted by atomic mass is 9.35. The quantitative estimate of drug-likeness (QED) is 0.319. The molecule has 1 aliphatic heterocycles. The van der Waals surface area contributed by atoms with E-state index in [0.717, 1.165) is 57.1 Å². The summed E-state index contributed by atoms with van der Waals surface area (Å²) < 4.78 is 6.67. The third-order valence-corrected chi connectivity index (χ3v) is 13.2. The SMILES string of the molecule is CC(C)(O)[C@@H]1CC[C@@](C)([C@H]2CC[C@]3(C)[C@@H]2[C@H](O)C[C@@H]2[C@@]4(C)CC/C(=N\O)C(C)(C)[C@@H]4CC[C@]23C)O1. The molecule has 0 spiro atoms. The molecule has 3 N–H and O–H groups in total. The summed E-state index contributed by atoms with van der Waals surface area (Å²) in [5.41, 5.74) is 0.113. The lowest BCUT2D eigenvalue weighted by molar-refractivity contribution is -0.230. The van der Waals surface area contributed by atoms with E-state index in [1.54, 1.807) is 0 Å². The maximum Gasteiger partial charge on any atom is 0.0865 e. The van der Waals surface area contributed by atoms with E-state index in [9.17, 15) is 15.4 Å². The van der Waals surface area contributed by atoms with Crippen LogP contribution in [0.25, 0.3) is 0 Å². The van der Waals surface area contributed by atoms with Crippen LogP contribution in [0.2, 0.25) is 0 Å². The molecular weight excluding hydrogens is 438 g/mol. The van der Waals surface area contributed by atoms with Gasteiger partial charge in [-0.25, -0.2) is 0 Å². The van der Waals surface area contributed by atoms with Crippen molar-refractivity contribution >= 4 is 5.71 Å². The van der Waals surface area contributed by atoms with Gasteiger partial charge >= 0.3 is 0 Å². The second kappa shape index (κ2) is 7.69. The van der Waals surface area contributed by atoms with Crippen molar-refractivity contribution in [3.8, 4) is 0 Å². The molecular formula is C30H51NO4. The fraction of sp³-hybridized carbons (Fsp3) is 0.967. The van der Waals surface area contributed by atoms with Crippen molar-refractivity contribution in [2.24, 2.45) is 50.5 Å². The maximum atomic E-state index is 11.9. The molecule has 4 aliphatic carbocycles. The van der Waals surface area contributed by atoms with Crippen molar-refractivity contribution in [3.63, 3.8) is 0 Å². The zero-order chi connectivity index (χ0) is 25.8. The average molecular weight is 490 g/mol. The summed E-state index contributed by atoms with van der Waals surface area (Å²) in [5.74, 6) is 1.50. The number of oxime groups is 1. The molecule has 200 valence electrons. The van der Waals surface area contributed by atoms with Crippen LogP contribution in [0.15, 0.2) is 5.16 Å². The van der Waals surface area contributed by atoms with Crippen molar-refractivity contribution < 1.29 is 20.2 Å². The van der Waals surface area contributed by atoms with E-state index in [1.807, 2.05) is 13.8 Å². The Balaban J connectivity index is 1.48. The molecule has 35 heavy (non-hydrogen) atoms. The molecule has 1 heterocycles. The van der Waals surface area contributed by atoms with E-state index in [1.165, 1.54) is 6.42 Å². The number of ether oxygens (including phenoxy) is 1. The molecule has 5 fully saturated rings. The van der Waals surface area contributed by atoms with Crippen molar-refractivity contribution in [1.82, 2.24) is 0 Å². The van der Waals surface area contributed by atoms with E-state index in [2.05, 4.69) is 46.7 Å². The molecule has 1 saturated heterocycles. The van der Waals surface area contributed by atoms with Crippen molar-refractivity contribution in [2.45, 2.75) is 137 Å². The Kier molecular flexibility index (Phi) is 5.71. The van der Waals surface area contributed by atoms with Gasteiger partial charge in [0.05, 0.1) is 29.1 Å². The molecule has 0 unspecified atom stereocenters. The molecule has 5 heteroatoms. The summed E-state index contributed by atoms with van der Waals surface area (Å²) >= 11 is 0. The summed E-state index contributed by atoms with van der Waals surface area (Å²) in [5, 5.41) is 36.1. The Morgan fingerprint density at radius 1 is 0.886 bits per heavy atom. The zero-order valence-electron chi connectivity index (χ0n) is 23.5. The Hall–Kier alpha value is -0.650. The Labute approximate surface area is 213 Å². The van der Waals surface area contributed by atoms with Gasteiger partial charge in [0.25, 0.3) is 0 Å². The highest BCUT2D eigenvalue weighted by atomic mass is 16.5. The largest absolute Gasteiger partial charge is 0.411 e. The first-order valence-corrected chi connectivity index (χ1v) is 14.3. The van der Waals surface area contributed by atoms with Crippen molar-refractivity contribution in [3.05, 3.63) is 0 Å². The summed E-state index contributed by atoms with van der Waals surface area (Å²) in [7, 11) is 0. The van der Waals surface area contributed by atoms with Gasteiger partial charge in [-0.15, -0.1) is 0 Å². The van der Waals surface area contributed by atoms with Crippen molar-refractivity contribution in [2.75, 3.05) is 0 Å². The van der Waals surface area contributed by atoms with Gasteiger partial charge in [0.1, 0.15) is 0 Å². The molecule has 5 rings (SSSR count). The number of aliphatic hydroxyl groups is 2. The molecule has 5 nitrogen and oxygen atoms in total. The van der Waals surface area contributed by atoms with E-state index < -0.39 is 5.60 Å².